The summed E-state index contributed by atoms with van der Waals surface area (Å²) in [5, 5.41) is 0. The number of nitrogens with zero attached hydrogens (tertiary/aromatic N) is 1. The first-order chi connectivity index (χ1) is 12.4. The lowest BCUT2D eigenvalue weighted by Gasteiger charge is -2.66. The Hall–Kier alpha value is -1.59. The van der Waals surface area contributed by atoms with Gasteiger partial charge < -0.3 is 14.2 Å². The van der Waals surface area contributed by atoms with E-state index < -0.39 is 0 Å². The number of rotatable bonds is 4. The van der Waals surface area contributed by atoms with Crippen molar-refractivity contribution in [1.29, 1.82) is 0 Å². The van der Waals surface area contributed by atoms with Gasteiger partial charge in [0.1, 0.15) is 5.75 Å². The normalized spacial score (nSPS) is 38.0. The van der Waals surface area contributed by atoms with Crippen LogP contribution in [0.1, 0.15) is 31.4 Å². The molecular weight excluding hydrogens is 330 g/mol. The van der Waals surface area contributed by atoms with E-state index in [0.717, 1.165) is 18.6 Å². The van der Waals surface area contributed by atoms with Crippen molar-refractivity contribution in [1.82, 2.24) is 4.90 Å². The molecule has 0 amide bonds. The summed E-state index contributed by atoms with van der Waals surface area (Å²) in [5.41, 5.74) is 2.86. The van der Waals surface area contributed by atoms with Gasteiger partial charge in [-0.05, 0) is 60.4 Å². The maximum Gasteiger partial charge on any atom is 0.310 e. The quantitative estimate of drug-likeness (QED) is 0.611. The molecule has 5 rings (SSSR count). The number of hydrogen-bond acceptors (Lipinski definition) is 5. The minimum absolute atomic E-state index is 0.0335. The molecule has 5 nitrogen and oxygen atoms in total. The van der Waals surface area contributed by atoms with Crippen molar-refractivity contribution in [3.63, 3.8) is 0 Å². The highest BCUT2D eigenvalue weighted by molar-refractivity contribution is 5.74. The molecule has 142 valence electrons. The van der Waals surface area contributed by atoms with E-state index >= 15 is 0 Å². The van der Waals surface area contributed by atoms with Crippen molar-refractivity contribution in [3.8, 4) is 5.75 Å². The van der Waals surface area contributed by atoms with Crippen LogP contribution in [0.5, 0.6) is 5.75 Å². The molecule has 0 radical (unpaired) electrons. The fraction of sp³-hybridized carbons (Fsp3) is 0.667. The van der Waals surface area contributed by atoms with E-state index in [1.54, 1.807) is 7.11 Å². The number of likely N-dealkylation sites (N-methyl/N-ethyl adjacent to an activating group) is 1. The highest BCUT2D eigenvalue weighted by Crippen LogP contribution is 2.60. The van der Waals surface area contributed by atoms with Gasteiger partial charge in [-0.2, -0.15) is 0 Å². The Morgan fingerprint density at radius 2 is 2.08 bits per heavy atom. The lowest BCUT2D eigenvalue weighted by Crippen LogP contribution is -2.71. The van der Waals surface area contributed by atoms with Crippen molar-refractivity contribution in [2.24, 2.45) is 17.8 Å². The molecule has 2 aliphatic heterocycles. The molecule has 2 aliphatic carbocycles. The third kappa shape index (κ3) is 2.33. The second-order valence-electron chi connectivity index (χ2n) is 8.43. The summed E-state index contributed by atoms with van der Waals surface area (Å²) >= 11 is 0. The molecule has 3 fully saturated rings. The Labute approximate surface area is 155 Å². The molecule has 1 aromatic carbocycles. The monoisotopic (exact) mass is 359 g/mol. The maximum atomic E-state index is 12.5. The summed E-state index contributed by atoms with van der Waals surface area (Å²) in [4.78, 5) is 14.9. The Bertz CT molecular complexity index is 720. The van der Waals surface area contributed by atoms with Crippen molar-refractivity contribution >= 4 is 5.97 Å². The van der Waals surface area contributed by atoms with Crippen LogP contribution in [0.3, 0.4) is 0 Å². The summed E-state index contributed by atoms with van der Waals surface area (Å²) in [6.45, 7) is 4.88. The molecule has 1 saturated carbocycles. The molecule has 1 aromatic rings. The molecule has 5 heteroatoms. The van der Waals surface area contributed by atoms with Crippen LogP contribution in [0.2, 0.25) is 0 Å². The van der Waals surface area contributed by atoms with Crippen LogP contribution in [0.4, 0.5) is 0 Å². The highest BCUT2D eigenvalue weighted by Gasteiger charge is 2.63. The summed E-state index contributed by atoms with van der Waals surface area (Å²) in [6, 6.07) is 7.16. The Balaban J connectivity index is 1.76. The first-order valence-corrected chi connectivity index (χ1v) is 9.47. The summed E-state index contributed by atoms with van der Waals surface area (Å²) in [7, 11) is 5.33. The fourth-order valence-electron chi connectivity index (χ4n) is 6.30. The maximum absolute atomic E-state index is 12.5. The zero-order chi connectivity index (χ0) is 18.6. The molecule has 6 unspecified atom stereocenters. The zero-order valence-electron chi connectivity index (χ0n) is 16.3. The Kier molecular flexibility index (Phi) is 4.27. The summed E-state index contributed by atoms with van der Waals surface area (Å²) in [5.74, 6) is 1.51. The molecule has 4 aliphatic rings. The second-order valence-corrected chi connectivity index (χ2v) is 8.43. The van der Waals surface area contributed by atoms with Crippen LogP contribution >= 0.6 is 0 Å². The smallest absolute Gasteiger partial charge is 0.310 e. The van der Waals surface area contributed by atoms with Gasteiger partial charge in [0.15, 0.2) is 6.79 Å². The van der Waals surface area contributed by atoms with E-state index in [9.17, 15) is 4.79 Å². The molecule has 2 heterocycles. The van der Waals surface area contributed by atoms with Crippen LogP contribution < -0.4 is 4.74 Å². The van der Waals surface area contributed by atoms with E-state index in [1.807, 2.05) is 6.07 Å². The number of carbonyl (C=O) groups is 1. The van der Waals surface area contributed by atoms with Gasteiger partial charge in [-0.25, -0.2) is 0 Å². The molecule has 0 aromatic heterocycles. The van der Waals surface area contributed by atoms with Crippen LogP contribution in [-0.2, 0) is 26.1 Å². The zero-order valence-corrected chi connectivity index (χ0v) is 16.3. The van der Waals surface area contributed by atoms with Gasteiger partial charge in [0.05, 0.1) is 13.0 Å². The van der Waals surface area contributed by atoms with Crippen molar-refractivity contribution in [3.05, 3.63) is 29.3 Å². The largest absolute Gasteiger partial charge is 0.469 e. The predicted octanol–water partition coefficient (Wildman–Crippen LogP) is 2.61. The predicted molar refractivity (Wildman–Crippen MR) is 98.1 cm³/mol. The van der Waals surface area contributed by atoms with Crippen LogP contribution in [-0.4, -0.2) is 51.0 Å². The number of esters is 1. The average molecular weight is 359 g/mol. The molecule has 4 bridgehead atoms. The number of carbonyl (C=O) groups excluding carboxylic acids is 1. The Morgan fingerprint density at radius 1 is 1.31 bits per heavy atom. The van der Waals surface area contributed by atoms with Crippen LogP contribution in [0.25, 0.3) is 0 Å². The number of methoxy groups -OCH3 is 2. The van der Waals surface area contributed by atoms with Gasteiger partial charge in [-0.15, -0.1) is 0 Å². The molecular formula is C21H29NO4. The van der Waals surface area contributed by atoms with Gasteiger partial charge in [0, 0.05) is 19.2 Å². The van der Waals surface area contributed by atoms with Crippen LogP contribution in [0, 0.1) is 17.8 Å². The van der Waals surface area contributed by atoms with E-state index in [2.05, 4.69) is 37.9 Å². The fourth-order valence-corrected chi connectivity index (χ4v) is 6.30. The number of hydrogen-bond donors (Lipinski definition) is 0. The Morgan fingerprint density at radius 3 is 2.77 bits per heavy atom. The van der Waals surface area contributed by atoms with E-state index in [0.29, 0.717) is 17.9 Å². The SMILES string of the molecule is COCOc1ccc2c(c1)C1(C)CC3C(C(=O)OC)C(C)C1C(C2)N3C. The molecule has 26 heavy (non-hydrogen) atoms. The molecule has 6 atom stereocenters. The standard InChI is InChI=1S/C21H29NO4/c1-12-18(20(23)25-5)17-10-21(2)15-9-14(26-11-24-4)7-6-13(15)8-16(19(12)21)22(17)3/h6-7,9,12,16-19H,8,10-11H2,1-5H3. The number of piperidine rings is 2. The number of fused-ring (bicyclic) bond motifs is 2. The number of benzene rings is 1. The molecule has 0 spiro atoms. The van der Waals surface area contributed by atoms with Crippen molar-refractivity contribution in [2.45, 2.75) is 44.2 Å². The second kappa shape index (κ2) is 6.24. The summed E-state index contributed by atoms with van der Waals surface area (Å²) in [6.07, 6.45) is 2.01. The summed E-state index contributed by atoms with van der Waals surface area (Å²) < 4.78 is 15.9. The average Bonchev–Trinajstić information content (AvgIpc) is 2.63. The first-order valence-electron chi connectivity index (χ1n) is 9.47. The molecule has 2 saturated heterocycles. The van der Waals surface area contributed by atoms with E-state index in [4.69, 9.17) is 14.2 Å². The highest BCUT2D eigenvalue weighted by atomic mass is 16.7. The van der Waals surface area contributed by atoms with Gasteiger partial charge in [0.2, 0.25) is 0 Å². The number of ether oxygens (including phenoxy) is 3. The van der Waals surface area contributed by atoms with Crippen molar-refractivity contribution in [2.75, 3.05) is 28.1 Å². The van der Waals surface area contributed by atoms with Gasteiger partial charge in [0.25, 0.3) is 0 Å². The third-order valence-corrected chi connectivity index (χ3v) is 7.32. The first kappa shape index (κ1) is 17.8. The van der Waals surface area contributed by atoms with Crippen molar-refractivity contribution < 1.29 is 19.0 Å². The minimum atomic E-state index is -0.0576. The van der Waals surface area contributed by atoms with Gasteiger partial charge in [-0.1, -0.05) is 19.9 Å². The van der Waals surface area contributed by atoms with E-state index in [-0.39, 0.29) is 30.1 Å². The van der Waals surface area contributed by atoms with Gasteiger partial charge in [-0.3, -0.25) is 9.69 Å². The minimum Gasteiger partial charge on any atom is -0.469 e. The van der Waals surface area contributed by atoms with E-state index in [1.165, 1.54) is 18.2 Å². The lowest BCUT2D eigenvalue weighted by molar-refractivity contribution is -0.172. The lowest BCUT2D eigenvalue weighted by atomic mass is 9.46. The topological polar surface area (TPSA) is 48.0 Å². The third-order valence-electron chi connectivity index (χ3n) is 7.32. The van der Waals surface area contributed by atoms with Crippen LogP contribution in [0.15, 0.2) is 18.2 Å². The molecule has 0 N–H and O–H groups in total. The van der Waals surface area contributed by atoms with Gasteiger partial charge >= 0.3 is 5.97 Å².